The van der Waals surface area contributed by atoms with Crippen LogP contribution in [0.3, 0.4) is 0 Å². The molecule has 6 rings (SSSR count). The molecule has 6 heterocycles. The van der Waals surface area contributed by atoms with Crippen LogP contribution >= 0.6 is 0 Å². The van der Waals surface area contributed by atoms with Crippen LogP contribution in [-0.2, 0) is 6.54 Å². The zero-order valence-corrected chi connectivity index (χ0v) is 19.2. The first-order chi connectivity index (χ1) is 16.6. The van der Waals surface area contributed by atoms with Gasteiger partial charge in [-0.25, -0.2) is 24.3 Å². The zero-order chi connectivity index (χ0) is 23.2. The molecule has 1 fully saturated rings. The molecule has 4 aromatic heterocycles. The molecular weight excluding hydrogens is 432 g/mol. The van der Waals surface area contributed by atoms with Crippen LogP contribution < -0.4 is 20.4 Å². The van der Waals surface area contributed by atoms with Gasteiger partial charge in [0.2, 0.25) is 11.8 Å². The van der Waals surface area contributed by atoms with Crippen molar-refractivity contribution in [1.29, 1.82) is 0 Å². The van der Waals surface area contributed by atoms with Crippen molar-refractivity contribution in [2.75, 3.05) is 18.0 Å². The first-order valence-corrected chi connectivity index (χ1v) is 11.6. The van der Waals surface area contributed by atoms with E-state index in [1.165, 1.54) is 0 Å². The van der Waals surface area contributed by atoms with Crippen molar-refractivity contribution in [3.8, 4) is 0 Å². The quantitative estimate of drug-likeness (QED) is 0.298. The number of rotatable bonds is 7. The highest BCUT2D eigenvalue weighted by Gasteiger charge is 2.31. The monoisotopic (exact) mass is 457 g/mol. The Kier molecular flexibility index (Phi) is 4.89. The molecule has 34 heavy (non-hydrogen) atoms. The van der Waals surface area contributed by atoms with Crippen molar-refractivity contribution in [2.45, 2.75) is 45.7 Å². The number of hydrogen-bond acceptors (Lipinski definition) is 8. The minimum atomic E-state index is -0.185. The molecule has 0 aromatic carbocycles. The lowest BCUT2D eigenvalue weighted by atomic mass is 10.1. The van der Waals surface area contributed by atoms with Gasteiger partial charge in [-0.2, -0.15) is 5.10 Å². The lowest BCUT2D eigenvalue weighted by Gasteiger charge is -2.39. The number of fused-ring (bicyclic) bond motifs is 2. The van der Waals surface area contributed by atoms with Gasteiger partial charge in [-0.3, -0.25) is 4.68 Å². The Morgan fingerprint density at radius 3 is 2.76 bits per heavy atom. The molecule has 4 aromatic rings. The average Bonchev–Trinajstić information content (AvgIpc) is 3.55. The Morgan fingerprint density at radius 2 is 1.97 bits per heavy atom. The van der Waals surface area contributed by atoms with E-state index in [-0.39, 0.29) is 11.6 Å². The summed E-state index contributed by atoms with van der Waals surface area (Å²) in [5, 5.41) is 13.4. The molecule has 2 aliphatic rings. The molecule has 0 N–H and O–H groups in total. The molecule has 11 nitrogen and oxygen atoms in total. The summed E-state index contributed by atoms with van der Waals surface area (Å²) in [6, 6.07) is 2.06. The summed E-state index contributed by atoms with van der Waals surface area (Å²) < 4.78 is 5.59. The van der Waals surface area contributed by atoms with Gasteiger partial charge < -0.3 is 4.90 Å². The van der Waals surface area contributed by atoms with Crippen molar-refractivity contribution < 1.29 is 4.57 Å². The van der Waals surface area contributed by atoms with Gasteiger partial charge in [0.1, 0.15) is 5.69 Å². The fourth-order valence-corrected chi connectivity index (χ4v) is 4.55. The fourth-order valence-electron chi connectivity index (χ4n) is 4.55. The van der Waals surface area contributed by atoms with E-state index in [1.807, 2.05) is 29.2 Å². The fraction of sp³-hybridized carbons (Fsp3) is 0.391. The van der Waals surface area contributed by atoms with E-state index in [1.54, 1.807) is 23.7 Å². The van der Waals surface area contributed by atoms with Gasteiger partial charge in [0.25, 0.3) is 0 Å². The Balaban J connectivity index is 1.30. The minimum absolute atomic E-state index is 0.185. The van der Waals surface area contributed by atoms with Crippen LogP contribution in [0.25, 0.3) is 17.6 Å². The van der Waals surface area contributed by atoms with E-state index in [9.17, 15) is 4.79 Å². The predicted molar refractivity (Wildman–Crippen MR) is 124 cm³/mol. The number of hydrogen-bond donors (Lipinski definition) is 0. The van der Waals surface area contributed by atoms with Crippen LogP contribution in [0, 0.1) is 6.92 Å². The third-order valence-corrected chi connectivity index (χ3v) is 6.45. The third kappa shape index (κ3) is 3.27. The number of aromatic nitrogens is 8. The Hall–Kier alpha value is -4.02. The van der Waals surface area contributed by atoms with E-state index in [0.29, 0.717) is 17.0 Å². The van der Waals surface area contributed by atoms with Crippen LogP contribution in [0.2, 0.25) is 0 Å². The second-order valence-corrected chi connectivity index (χ2v) is 8.74. The summed E-state index contributed by atoms with van der Waals surface area (Å²) >= 11 is 0. The second-order valence-electron chi connectivity index (χ2n) is 8.74. The Morgan fingerprint density at radius 1 is 1.15 bits per heavy atom. The summed E-state index contributed by atoms with van der Waals surface area (Å²) in [7, 11) is 0. The van der Waals surface area contributed by atoms with Crippen LogP contribution in [0.15, 0.2) is 40.6 Å². The summed E-state index contributed by atoms with van der Waals surface area (Å²) in [4.78, 5) is 28.7. The normalized spacial score (nSPS) is 15.4. The lowest BCUT2D eigenvalue weighted by molar-refractivity contribution is -0.679. The number of anilines is 1. The summed E-state index contributed by atoms with van der Waals surface area (Å²) in [6.07, 6.45) is 12.5. The highest BCUT2D eigenvalue weighted by atomic mass is 16.1. The molecular formula is C23H25N10O+. The van der Waals surface area contributed by atoms with Gasteiger partial charge in [-0.15, -0.1) is 4.40 Å². The third-order valence-electron chi connectivity index (χ3n) is 6.45. The highest BCUT2D eigenvalue weighted by Crippen LogP contribution is 2.27. The SMILES string of the molecule is CCCCC[n+]1c2c(c(=O)n3c(C)nnc31)=NC(c1cnn(C3CN(c4ncccn4)C3)c1)=C2. The number of unbranched alkanes of at least 4 members (excludes halogenated alkanes) is 2. The topological polar surface area (TPSA) is 110 Å². The van der Waals surface area contributed by atoms with Crippen molar-refractivity contribution in [1.82, 2.24) is 34.3 Å². The van der Waals surface area contributed by atoms with Gasteiger partial charge >= 0.3 is 11.3 Å². The molecule has 0 amide bonds. The Bertz CT molecular complexity index is 1510. The van der Waals surface area contributed by atoms with Crippen LogP contribution in [-0.4, -0.2) is 47.4 Å². The molecule has 0 bridgehead atoms. The van der Waals surface area contributed by atoms with E-state index in [4.69, 9.17) is 4.99 Å². The standard InChI is InChI=1S/C23H25N10O/c1-3-4-5-9-31-19-10-18(27-20(19)21(34)33-15(2)28-29-23(31)33)16-11-26-32(12-16)17-13-30(14-17)22-24-7-6-8-25-22/h6-8,10-12,17H,3-5,9,13-14H2,1-2H3/q+1. The Labute approximate surface area is 195 Å². The maximum atomic E-state index is 13.2. The molecule has 1 saturated heterocycles. The summed E-state index contributed by atoms with van der Waals surface area (Å²) in [6.45, 7) is 6.32. The molecule has 0 unspecified atom stereocenters. The van der Waals surface area contributed by atoms with Gasteiger partial charge in [-0.05, 0) is 17.6 Å². The number of nitrogens with zero attached hydrogens (tertiary/aromatic N) is 10. The molecule has 0 atom stereocenters. The number of aryl methyl sites for hydroxylation is 2. The van der Waals surface area contributed by atoms with Gasteiger partial charge in [-0.1, -0.05) is 19.8 Å². The van der Waals surface area contributed by atoms with Crippen LogP contribution in [0.1, 0.15) is 49.3 Å². The summed E-state index contributed by atoms with van der Waals surface area (Å²) in [5.41, 5.74) is 2.23. The van der Waals surface area contributed by atoms with Gasteiger partial charge in [0.05, 0.1) is 24.5 Å². The van der Waals surface area contributed by atoms with E-state index in [0.717, 1.165) is 61.8 Å². The van der Waals surface area contributed by atoms with Crippen LogP contribution in [0.5, 0.6) is 0 Å². The van der Waals surface area contributed by atoms with Gasteiger partial charge in [0, 0.05) is 55.3 Å². The van der Waals surface area contributed by atoms with E-state index in [2.05, 4.69) is 41.7 Å². The second kappa shape index (κ2) is 8.08. The molecule has 2 aliphatic heterocycles. The zero-order valence-electron chi connectivity index (χ0n) is 19.2. The van der Waals surface area contributed by atoms with E-state index >= 15 is 0 Å². The first-order valence-electron chi connectivity index (χ1n) is 11.6. The molecule has 0 radical (unpaired) electrons. The van der Waals surface area contributed by atoms with Crippen molar-refractivity contribution in [3.05, 3.63) is 63.6 Å². The summed E-state index contributed by atoms with van der Waals surface area (Å²) in [5.74, 6) is 1.87. The molecule has 0 spiro atoms. The van der Waals surface area contributed by atoms with Crippen molar-refractivity contribution in [2.24, 2.45) is 4.99 Å². The largest absolute Gasteiger partial charge is 0.431 e. The predicted octanol–water partition coefficient (Wildman–Crippen LogP) is 0.774. The van der Waals surface area contributed by atoms with Crippen molar-refractivity contribution in [3.63, 3.8) is 0 Å². The van der Waals surface area contributed by atoms with Crippen LogP contribution in [0.4, 0.5) is 5.95 Å². The molecule has 0 saturated carbocycles. The smallest absolute Gasteiger partial charge is 0.336 e. The minimum Gasteiger partial charge on any atom is -0.336 e. The van der Waals surface area contributed by atoms with E-state index < -0.39 is 0 Å². The van der Waals surface area contributed by atoms with Gasteiger partial charge in [0.15, 0.2) is 5.36 Å². The molecule has 0 aliphatic carbocycles. The first kappa shape index (κ1) is 20.6. The molecule has 172 valence electrons. The maximum Gasteiger partial charge on any atom is 0.431 e. The highest BCUT2D eigenvalue weighted by molar-refractivity contribution is 5.81. The molecule has 11 heteroatoms. The van der Waals surface area contributed by atoms with Crippen molar-refractivity contribution >= 4 is 23.5 Å². The maximum absolute atomic E-state index is 13.2. The average molecular weight is 458 g/mol. The lowest BCUT2D eigenvalue weighted by Crippen LogP contribution is -2.50.